The lowest BCUT2D eigenvalue weighted by atomic mass is 10.1. The van der Waals surface area contributed by atoms with Gasteiger partial charge in [0.05, 0.1) is 6.61 Å². The summed E-state index contributed by atoms with van der Waals surface area (Å²) in [6, 6.07) is 8.24. The van der Waals surface area contributed by atoms with E-state index >= 15 is 0 Å². The fourth-order valence-corrected chi connectivity index (χ4v) is 1.73. The van der Waals surface area contributed by atoms with Gasteiger partial charge in [0.1, 0.15) is 5.75 Å². The van der Waals surface area contributed by atoms with Gasteiger partial charge in [-0.15, -0.1) is 0 Å². The summed E-state index contributed by atoms with van der Waals surface area (Å²) in [5.74, 6) is 1.59. The third-order valence-corrected chi connectivity index (χ3v) is 2.67. The van der Waals surface area contributed by atoms with E-state index in [9.17, 15) is 0 Å². The van der Waals surface area contributed by atoms with Gasteiger partial charge in [0.25, 0.3) is 0 Å². The summed E-state index contributed by atoms with van der Waals surface area (Å²) in [4.78, 5) is 0. The van der Waals surface area contributed by atoms with Crippen molar-refractivity contribution in [2.75, 3.05) is 13.2 Å². The second kappa shape index (κ2) is 7.29. The van der Waals surface area contributed by atoms with Crippen molar-refractivity contribution in [3.8, 4) is 5.75 Å². The first kappa shape index (κ1) is 13.0. The zero-order valence-corrected chi connectivity index (χ0v) is 10.4. The van der Waals surface area contributed by atoms with Crippen molar-refractivity contribution >= 4 is 0 Å². The average molecular weight is 221 g/mol. The highest BCUT2D eigenvalue weighted by Crippen LogP contribution is 2.14. The highest BCUT2D eigenvalue weighted by Gasteiger charge is 2.01. The van der Waals surface area contributed by atoms with Crippen LogP contribution in [0.4, 0.5) is 0 Å². The molecule has 0 radical (unpaired) electrons. The van der Waals surface area contributed by atoms with Crippen molar-refractivity contribution in [3.05, 3.63) is 29.8 Å². The van der Waals surface area contributed by atoms with Gasteiger partial charge in [-0.05, 0) is 43.0 Å². The van der Waals surface area contributed by atoms with E-state index in [0.29, 0.717) is 12.5 Å². The fraction of sp³-hybridized carbons (Fsp3) is 0.571. The lowest BCUT2D eigenvalue weighted by Gasteiger charge is -2.12. The summed E-state index contributed by atoms with van der Waals surface area (Å²) in [5.41, 5.74) is 6.77. The average Bonchev–Trinajstić information content (AvgIpc) is 2.29. The number of nitrogens with two attached hydrogens (primary N) is 1. The Labute approximate surface area is 98.8 Å². The van der Waals surface area contributed by atoms with Crippen molar-refractivity contribution in [2.24, 2.45) is 11.7 Å². The maximum Gasteiger partial charge on any atom is 0.119 e. The molecule has 2 nitrogen and oxygen atoms in total. The van der Waals surface area contributed by atoms with Crippen LogP contribution in [0.1, 0.15) is 32.3 Å². The number of hydrogen-bond acceptors (Lipinski definition) is 2. The predicted octanol–water partition coefficient (Wildman–Crippen LogP) is 3.00. The summed E-state index contributed by atoms with van der Waals surface area (Å²) < 4.78 is 5.72. The Morgan fingerprint density at radius 2 is 1.94 bits per heavy atom. The lowest BCUT2D eigenvalue weighted by Crippen LogP contribution is -2.08. The highest BCUT2D eigenvalue weighted by atomic mass is 16.5. The van der Waals surface area contributed by atoms with Crippen LogP contribution in [0.15, 0.2) is 24.3 Å². The van der Waals surface area contributed by atoms with E-state index in [2.05, 4.69) is 26.0 Å². The van der Waals surface area contributed by atoms with E-state index in [1.165, 1.54) is 18.4 Å². The molecule has 90 valence electrons. The van der Waals surface area contributed by atoms with Crippen LogP contribution in [-0.2, 0) is 6.42 Å². The van der Waals surface area contributed by atoms with Crippen LogP contribution >= 0.6 is 0 Å². The van der Waals surface area contributed by atoms with Gasteiger partial charge in [0.15, 0.2) is 0 Å². The van der Waals surface area contributed by atoms with Gasteiger partial charge >= 0.3 is 0 Å². The van der Waals surface area contributed by atoms with Gasteiger partial charge in [-0.2, -0.15) is 0 Å². The Bertz CT molecular complexity index is 281. The lowest BCUT2D eigenvalue weighted by molar-refractivity contribution is 0.251. The smallest absolute Gasteiger partial charge is 0.119 e. The number of hydrogen-bond donors (Lipinski definition) is 1. The van der Waals surface area contributed by atoms with E-state index in [1.54, 1.807) is 0 Å². The Kier molecular flexibility index (Phi) is 5.94. The Hall–Kier alpha value is -1.02. The van der Waals surface area contributed by atoms with Gasteiger partial charge in [0, 0.05) is 0 Å². The summed E-state index contributed by atoms with van der Waals surface area (Å²) in [5, 5.41) is 0. The van der Waals surface area contributed by atoms with Gasteiger partial charge < -0.3 is 10.5 Å². The summed E-state index contributed by atoms with van der Waals surface area (Å²) >= 11 is 0. The Balaban J connectivity index is 2.37. The molecule has 0 spiro atoms. The molecule has 1 rings (SSSR count). The van der Waals surface area contributed by atoms with Crippen molar-refractivity contribution in [1.29, 1.82) is 0 Å². The monoisotopic (exact) mass is 221 g/mol. The first-order valence-electron chi connectivity index (χ1n) is 6.18. The van der Waals surface area contributed by atoms with Gasteiger partial charge in [-0.25, -0.2) is 0 Å². The molecule has 2 heteroatoms. The number of ether oxygens (including phenoxy) is 1. The van der Waals surface area contributed by atoms with Crippen LogP contribution in [0, 0.1) is 5.92 Å². The predicted molar refractivity (Wildman–Crippen MR) is 68.8 cm³/mol. The quantitative estimate of drug-likeness (QED) is 0.768. The van der Waals surface area contributed by atoms with E-state index < -0.39 is 0 Å². The summed E-state index contributed by atoms with van der Waals surface area (Å²) in [6.07, 6.45) is 3.39. The molecule has 0 saturated carbocycles. The van der Waals surface area contributed by atoms with E-state index in [4.69, 9.17) is 10.5 Å². The van der Waals surface area contributed by atoms with E-state index in [1.807, 2.05) is 12.1 Å². The molecular formula is C14H23NO. The molecule has 1 unspecified atom stereocenters. The van der Waals surface area contributed by atoms with Crippen LogP contribution < -0.4 is 10.5 Å². The molecule has 1 atom stereocenters. The first-order chi connectivity index (χ1) is 7.76. The number of benzene rings is 1. The van der Waals surface area contributed by atoms with Crippen LogP contribution in [0.2, 0.25) is 0 Å². The molecule has 1 aromatic rings. The molecule has 2 N–H and O–H groups in total. The van der Waals surface area contributed by atoms with Crippen LogP contribution in [0.5, 0.6) is 5.75 Å². The molecule has 16 heavy (non-hydrogen) atoms. The molecule has 0 aliphatic rings. The van der Waals surface area contributed by atoms with Crippen molar-refractivity contribution < 1.29 is 4.74 Å². The molecule has 0 heterocycles. The Morgan fingerprint density at radius 3 is 2.50 bits per heavy atom. The topological polar surface area (TPSA) is 35.2 Å². The highest BCUT2D eigenvalue weighted by molar-refractivity contribution is 5.27. The molecule has 0 aliphatic carbocycles. The third kappa shape index (κ3) is 4.67. The molecule has 0 aliphatic heterocycles. The molecule has 0 aromatic heterocycles. The minimum Gasteiger partial charge on any atom is -0.493 e. The molecule has 1 aromatic carbocycles. The minimum atomic E-state index is 0.633. The van der Waals surface area contributed by atoms with Crippen molar-refractivity contribution in [1.82, 2.24) is 0 Å². The maximum atomic E-state index is 5.72. The first-order valence-corrected chi connectivity index (χ1v) is 6.18. The molecular weight excluding hydrogens is 198 g/mol. The zero-order valence-electron chi connectivity index (χ0n) is 10.4. The third-order valence-electron chi connectivity index (χ3n) is 2.67. The second-order valence-electron chi connectivity index (χ2n) is 4.39. The standard InChI is InChI=1S/C14H23NO/c1-3-4-12(2)11-16-14-7-5-13(6-8-14)9-10-15/h5-8,12H,3-4,9-11,15H2,1-2H3. The SMILES string of the molecule is CCCC(C)COc1ccc(CCN)cc1. The summed E-state index contributed by atoms with van der Waals surface area (Å²) in [7, 11) is 0. The van der Waals surface area contributed by atoms with E-state index in [0.717, 1.165) is 18.8 Å². The van der Waals surface area contributed by atoms with Crippen LogP contribution in [0.3, 0.4) is 0 Å². The number of rotatable bonds is 7. The van der Waals surface area contributed by atoms with E-state index in [-0.39, 0.29) is 0 Å². The van der Waals surface area contributed by atoms with Gasteiger partial charge in [0.2, 0.25) is 0 Å². The zero-order chi connectivity index (χ0) is 11.8. The molecule has 0 amide bonds. The normalized spacial score (nSPS) is 12.4. The van der Waals surface area contributed by atoms with Crippen molar-refractivity contribution in [2.45, 2.75) is 33.1 Å². The van der Waals surface area contributed by atoms with Gasteiger partial charge in [-0.3, -0.25) is 0 Å². The molecule has 0 saturated heterocycles. The fourth-order valence-electron chi connectivity index (χ4n) is 1.73. The minimum absolute atomic E-state index is 0.633. The van der Waals surface area contributed by atoms with Gasteiger partial charge in [-0.1, -0.05) is 32.4 Å². The Morgan fingerprint density at radius 1 is 1.25 bits per heavy atom. The second-order valence-corrected chi connectivity index (χ2v) is 4.39. The molecule has 0 bridgehead atoms. The molecule has 0 fully saturated rings. The largest absolute Gasteiger partial charge is 0.493 e. The maximum absolute atomic E-state index is 5.72. The summed E-state index contributed by atoms with van der Waals surface area (Å²) in [6.45, 7) is 5.95. The van der Waals surface area contributed by atoms with Crippen molar-refractivity contribution in [3.63, 3.8) is 0 Å². The van der Waals surface area contributed by atoms with Crippen LogP contribution in [-0.4, -0.2) is 13.2 Å². The van der Waals surface area contributed by atoms with Crippen LogP contribution in [0.25, 0.3) is 0 Å².